The maximum atomic E-state index is 12.5. The number of ketones is 1. The first-order valence-electron chi connectivity index (χ1n) is 7.56. The summed E-state index contributed by atoms with van der Waals surface area (Å²) in [5.41, 5.74) is 7.95. The second-order valence-corrected chi connectivity index (χ2v) is 6.02. The van der Waals surface area contributed by atoms with Crippen molar-refractivity contribution in [3.63, 3.8) is 0 Å². The van der Waals surface area contributed by atoms with E-state index in [9.17, 15) is 10.1 Å². The Morgan fingerprint density at radius 2 is 2.26 bits per heavy atom. The van der Waals surface area contributed by atoms with Crippen LogP contribution < -0.4 is 5.73 Å². The van der Waals surface area contributed by atoms with Crippen molar-refractivity contribution in [1.82, 2.24) is 9.78 Å². The zero-order valence-electron chi connectivity index (χ0n) is 13.0. The van der Waals surface area contributed by atoms with Gasteiger partial charge in [-0.2, -0.15) is 10.4 Å². The van der Waals surface area contributed by atoms with E-state index in [-0.39, 0.29) is 17.2 Å². The Morgan fingerprint density at radius 1 is 1.52 bits per heavy atom. The van der Waals surface area contributed by atoms with Crippen LogP contribution in [-0.4, -0.2) is 15.6 Å². The van der Waals surface area contributed by atoms with E-state index in [0.717, 1.165) is 6.42 Å². The number of rotatable bonds is 2. The van der Waals surface area contributed by atoms with Gasteiger partial charge in [-0.25, -0.2) is 0 Å². The van der Waals surface area contributed by atoms with Gasteiger partial charge in [0.05, 0.1) is 22.3 Å². The number of carbonyl (C=O) groups excluding carboxylic acids is 1. The van der Waals surface area contributed by atoms with Gasteiger partial charge in [0.25, 0.3) is 0 Å². The molecular weight excluding hydrogens is 316 g/mol. The van der Waals surface area contributed by atoms with Crippen LogP contribution in [0.25, 0.3) is 0 Å². The first-order chi connectivity index (χ1) is 11.0. The molecule has 120 valence electrons. The molecule has 3 rings (SSSR count). The molecule has 2 N–H and O–H groups in total. The number of nitriles is 1. The normalized spacial score (nSPS) is 21.1. The minimum atomic E-state index is -0.606. The van der Waals surface area contributed by atoms with Gasteiger partial charge in [0.2, 0.25) is 5.88 Å². The molecule has 0 radical (unpaired) electrons. The Balaban J connectivity index is 2.28. The molecule has 0 saturated carbocycles. The van der Waals surface area contributed by atoms with Crippen molar-refractivity contribution in [2.75, 3.05) is 0 Å². The number of halogens is 1. The number of aryl methyl sites for hydroxylation is 2. The second kappa shape index (κ2) is 5.74. The number of nitrogens with zero attached hydrogens (tertiary/aromatic N) is 3. The van der Waals surface area contributed by atoms with E-state index in [4.69, 9.17) is 22.1 Å². The number of Topliss-reactive ketones (excluding diaryl/α,β-unsaturated/α-hetero) is 1. The van der Waals surface area contributed by atoms with E-state index >= 15 is 0 Å². The van der Waals surface area contributed by atoms with E-state index in [0.29, 0.717) is 47.1 Å². The fourth-order valence-electron chi connectivity index (χ4n) is 3.22. The number of aromatic nitrogens is 2. The van der Waals surface area contributed by atoms with E-state index in [1.165, 1.54) is 0 Å². The predicted octanol–water partition coefficient (Wildman–Crippen LogP) is 2.68. The molecule has 0 amide bonds. The summed E-state index contributed by atoms with van der Waals surface area (Å²) in [4.78, 5) is 12.5. The summed E-state index contributed by atoms with van der Waals surface area (Å²) < 4.78 is 7.28. The zero-order chi connectivity index (χ0) is 16.7. The quantitative estimate of drug-likeness (QED) is 0.898. The standard InChI is InChI=1S/C16H17ClN4O2/c1-3-21-15(14(17)8(2)20-21)12-9(7-18)16(19)23-11-6-4-5-10(22)13(11)12/h12H,3-6,19H2,1-2H3/t12-/m1/s1. The molecule has 1 atom stereocenters. The lowest BCUT2D eigenvalue weighted by atomic mass is 9.79. The Kier molecular flexibility index (Phi) is 3.90. The van der Waals surface area contributed by atoms with Crippen LogP contribution in [0.2, 0.25) is 5.02 Å². The van der Waals surface area contributed by atoms with Gasteiger partial charge in [0, 0.05) is 25.0 Å². The van der Waals surface area contributed by atoms with Crippen LogP contribution >= 0.6 is 11.6 Å². The lowest BCUT2D eigenvalue weighted by Gasteiger charge is -2.31. The first kappa shape index (κ1) is 15.6. The number of nitrogens with two attached hydrogens (primary N) is 1. The highest BCUT2D eigenvalue weighted by Crippen LogP contribution is 2.45. The summed E-state index contributed by atoms with van der Waals surface area (Å²) in [6.07, 6.45) is 1.79. The first-order valence-corrected chi connectivity index (χ1v) is 7.94. The molecule has 0 bridgehead atoms. The number of ether oxygens (including phenoxy) is 1. The molecule has 23 heavy (non-hydrogen) atoms. The highest BCUT2D eigenvalue weighted by molar-refractivity contribution is 6.32. The monoisotopic (exact) mass is 332 g/mol. The molecule has 6 nitrogen and oxygen atoms in total. The van der Waals surface area contributed by atoms with Crippen molar-refractivity contribution in [3.8, 4) is 6.07 Å². The molecule has 7 heteroatoms. The molecule has 2 heterocycles. The van der Waals surface area contributed by atoms with Crippen molar-refractivity contribution < 1.29 is 9.53 Å². The molecule has 0 spiro atoms. The van der Waals surface area contributed by atoms with Gasteiger partial charge in [-0.05, 0) is 20.3 Å². The third kappa shape index (κ3) is 2.32. The van der Waals surface area contributed by atoms with Crippen LogP contribution in [0.1, 0.15) is 43.5 Å². The fraction of sp³-hybridized carbons (Fsp3) is 0.438. The van der Waals surface area contributed by atoms with Gasteiger partial charge in [-0.3, -0.25) is 9.48 Å². The van der Waals surface area contributed by atoms with Crippen LogP contribution in [0.5, 0.6) is 0 Å². The Hall–Kier alpha value is -2.26. The second-order valence-electron chi connectivity index (χ2n) is 5.64. The Labute approximate surface area is 139 Å². The molecular formula is C16H17ClN4O2. The summed E-state index contributed by atoms with van der Waals surface area (Å²) in [5, 5.41) is 14.4. The largest absolute Gasteiger partial charge is 0.444 e. The third-order valence-corrected chi connectivity index (χ3v) is 4.74. The molecule has 0 unspecified atom stereocenters. The van der Waals surface area contributed by atoms with Crippen molar-refractivity contribution in [2.45, 2.75) is 45.6 Å². The predicted molar refractivity (Wildman–Crippen MR) is 84.2 cm³/mol. The van der Waals surface area contributed by atoms with Gasteiger partial charge >= 0.3 is 0 Å². The number of allylic oxidation sites excluding steroid dienone is 3. The Bertz CT molecular complexity index is 798. The smallest absolute Gasteiger partial charge is 0.205 e. The average molecular weight is 333 g/mol. The number of hydrogen-bond donors (Lipinski definition) is 1. The highest BCUT2D eigenvalue weighted by Gasteiger charge is 2.41. The minimum Gasteiger partial charge on any atom is -0.444 e. The van der Waals surface area contributed by atoms with Crippen molar-refractivity contribution >= 4 is 17.4 Å². The van der Waals surface area contributed by atoms with Crippen LogP contribution in [0.3, 0.4) is 0 Å². The molecule has 1 aromatic rings. The van der Waals surface area contributed by atoms with Crippen molar-refractivity contribution in [3.05, 3.63) is 39.2 Å². The summed E-state index contributed by atoms with van der Waals surface area (Å²) >= 11 is 6.44. The van der Waals surface area contributed by atoms with Crippen LogP contribution in [0, 0.1) is 18.3 Å². The highest BCUT2D eigenvalue weighted by atomic mass is 35.5. The molecule has 0 aromatic carbocycles. The lowest BCUT2D eigenvalue weighted by Crippen LogP contribution is -2.28. The molecule has 2 aliphatic rings. The van der Waals surface area contributed by atoms with Crippen molar-refractivity contribution in [2.24, 2.45) is 5.73 Å². The van der Waals surface area contributed by atoms with Crippen molar-refractivity contribution in [1.29, 1.82) is 5.26 Å². The molecule has 0 fully saturated rings. The Morgan fingerprint density at radius 3 is 2.91 bits per heavy atom. The van der Waals surface area contributed by atoms with Gasteiger partial charge in [-0.1, -0.05) is 11.6 Å². The number of carbonyl (C=O) groups is 1. The van der Waals surface area contributed by atoms with E-state index < -0.39 is 5.92 Å². The van der Waals surface area contributed by atoms with Gasteiger partial charge < -0.3 is 10.5 Å². The zero-order valence-corrected chi connectivity index (χ0v) is 13.8. The van der Waals surface area contributed by atoms with E-state index in [2.05, 4.69) is 11.2 Å². The summed E-state index contributed by atoms with van der Waals surface area (Å²) in [5.74, 6) is -0.0249. The van der Waals surface area contributed by atoms with E-state index in [1.54, 1.807) is 11.6 Å². The maximum absolute atomic E-state index is 12.5. The fourth-order valence-corrected chi connectivity index (χ4v) is 3.47. The molecule has 0 saturated heterocycles. The minimum absolute atomic E-state index is 0.0194. The van der Waals surface area contributed by atoms with Crippen LogP contribution in [0.15, 0.2) is 22.8 Å². The average Bonchev–Trinajstić information content (AvgIpc) is 2.81. The molecule has 1 aromatic heterocycles. The molecule has 1 aliphatic heterocycles. The van der Waals surface area contributed by atoms with Crippen LogP contribution in [-0.2, 0) is 16.1 Å². The number of hydrogen-bond acceptors (Lipinski definition) is 5. The lowest BCUT2D eigenvalue weighted by molar-refractivity contribution is -0.116. The summed E-state index contributed by atoms with van der Waals surface area (Å²) in [6.45, 7) is 4.31. The third-order valence-electron chi connectivity index (χ3n) is 4.27. The SMILES string of the molecule is CCn1nc(C)c(Cl)c1[C@@H]1C(C#N)=C(N)OC2=C1C(=O)CCC2. The van der Waals surface area contributed by atoms with Gasteiger partial charge in [-0.15, -0.1) is 0 Å². The van der Waals surface area contributed by atoms with Gasteiger partial charge in [0.1, 0.15) is 17.4 Å². The van der Waals surface area contributed by atoms with Gasteiger partial charge in [0.15, 0.2) is 5.78 Å². The molecule has 1 aliphatic carbocycles. The summed E-state index contributed by atoms with van der Waals surface area (Å²) in [6, 6.07) is 2.09. The van der Waals surface area contributed by atoms with E-state index in [1.807, 2.05) is 6.92 Å². The van der Waals surface area contributed by atoms with Crippen LogP contribution in [0.4, 0.5) is 0 Å². The topological polar surface area (TPSA) is 93.9 Å². The maximum Gasteiger partial charge on any atom is 0.205 e. The summed E-state index contributed by atoms with van der Waals surface area (Å²) in [7, 11) is 0.